The third-order valence-corrected chi connectivity index (χ3v) is 12.5. The fraction of sp³-hybridized carbons (Fsp3) is 0.632. The molecule has 0 radical (unpaired) electrons. The topological polar surface area (TPSA) is 195 Å². The van der Waals surface area contributed by atoms with Crippen LogP contribution in [-0.4, -0.2) is 101 Å². The smallest absolute Gasteiger partial charge is 0.427 e. The molecule has 1 aromatic carbocycles. The number of benzene rings is 1. The summed E-state index contributed by atoms with van der Waals surface area (Å²) in [5, 5.41) is 13.2. The van der Waals surface area contributed by atoms with Gasteiger partial charge in [0, 0.05) is 20.6 Å². The Labute approximate surface area is 337 Å². The van der Waals surface area contributed by atoms with Gasteiger partial charge < -0.3 is 29.7 Å². The molecule has 2 saturated carbocycles. The molecule has 7 atom stereocenters. The molecule has 19 heteroatoms. The van der Waals surface area contributed by atoms with E-state index in [0.717, 1.165) is 4.90 Å². The largest absolute Gasteiger partial charge is 0.476 e. The predicted molar refractivity (Wildman–Crippen MR) is 199 cm³/mol. The summed E-state index contributed by atoms with van der Waals surface area (Å²) in [6.07, 6.45) is -4.55. The molecule has 1 aromatic heterocycles. The normalized spacial score (nSPS) is 31.2. The molecular formula is C38H49F3N6O9S. The molecule has 2 aliphatic carbocycles. The standard InChI is InChI=1S/C38H49F3N6O9S/c1-6-54-31-26-13-9-10-14-27(26)32(45-44-31)55-24-18-28-30(48)43-37(34(50)46-57(52,53)25-15-16-25)19-23(37)12-8-7-11-21(2)17-22(3)29(33(49)47(28)20-24)42-35(51)56-36(4,5)38(39,40)41/h8-10,12-14,21-25,28-29H,6-7,11,15-20H2,1-5H3,(H,42,51)(H,43,48)(H,46,50)/b12-8-/t21-,22+,23?,24+,28-,29-,37+/m0/s1/i4D3,5D3. The monoisotopic (exact) mass is 828 g/mol. The van der Waals surface area contributed by atoms with E-state index in [1.807, 2.05) is 5.32 Å². The van der Waals surface area contributed by atoms with Crippen molar-refractivity contribution in [3.8, 4) is 11.8 Å². The van der Waals surface area contributed by atoms with E-state index >= 15 is 0 Å². The summed E-state index contributed by atoms with van der Waals surface area (Å²) in [5.74, 6) is -4.67. The molecule has 57 heavy (non-hydrogen) atoms. The Morgan fingerprint density at radius 2 is 1.75 bits per heavy atom. The van der Waals surface area contributed by atoms with Crippen LogP contribution in [0.4, 0.5) is 18.0 Å². The molecule has 0 bridgehead atoms. The SMILES string of the molecule is [2H]C([2H])([2H])C(OC(=O)N[C@@H]1C(=O)N2C[C@H](Oc3nnc(OCC)c4ccccc34)C[C@H]2C(=O)N[C@]2(C(=O)NS(=O)(=O)C3CC3)CC2/C=C\CC[C@H](C)C[C@H]1C)(C([2H])([2H])[2H])C(F)(F)F. The molecule has 1 unspecified atom stereocenters. The second-order valence-electron chi connectivity index (χ2n) is 15.2. The van der Waals surface area contributed by atoms with Crippen LogP contribution in [0, 0.1) is 17.8 Å². The summed E-state index contributed by atoms with van der Waals surface area (Å²) in [6.45, 7) is -4.07. The van der Waals surface area contributed by atoms with Crippen LogP contribution in [0.15, 0.2) is 36.4 Å². The van der Waals surface area contributed by atoms with Crippen molar-refractivity contribution in [2.75, 3.05) is 13.2 Å². The quantitative estimate of drug-likeness (QED) is 0.305. The van der Waals surface area contributed by atoms with Crippen LogP contribution in [0.3, 0.4) is 0 Å². The van der Waals surface area contributed by atoms with Gasteiger partial charge in [-0.1, -0.05) is 38.1 Å². The van der Waals surface area contributed by atoms with E-state index in [9.17, 15) is 40.8 Å². The molecule has 4 aliphatic rings. The van der Waals surface area contributed by atoms with Gasteiger partial charge in [-0.25, -0.2) is 13.2 Å². The highest BCUT2D eigenvalue weighted by molar-refractivity contribution is 7.91. The number of rotatable bonds is 9. The summed E-state index contributed by atoms with van der Waals surface area (Å²) < 4.78 is 133. The number of carbonyl (C=O) groups is 4. The minimum absolute atomic E-state index is 0.00611. The maximum Gasteiger partial charge on any atom is 0.427 e. The number of alkyl carbamates (subject to hydrolysis) is 1. The Morgan fingerprint density at radius 1 is 1.07 bits per heavy atom. The molecule has 312 valence electrons. The maximum atomic E-state index is 14.9. The minimum Gasteiger partial charge on any atom is -0.476 e. The van der Waals surface area contributed by atoms with Gasteiger partial charge in [0.1, 0.15) is 23.7 Å². The van der Waals surface area contributed by atoms with Crippen molar-refractivity contribution >= 4 is 44.6 Å². The molecule has 0 spiro atoms. The highest BCUT2D eigenvalue weighted by Crippen LogP contribution is 2.46. The number of hydrogen-bond acceptors (Lipinski definition) is 11. The van der Waals surface area contributed by atoms with E-state index in [1.54, 1.807) is 50.3 Å². The number of halogens is 3. The average molecular weight is 829 g/mol. The van der Waals surface area contributed by atoms with Crippen molar-refractivity contribution in [1.82, 2.24) is 30.5 Å². The Balaban J connectivity index is 1.39. The van der Waals surface area contributed by atoms with Gasteiger partial charge in [0.05, 0.1) is 29.2 Å². The second-order valence-corrected chi connectivity index (χ2v) is 17.2. The van der Waals surface area contributed by atoms with Crippen molar-refractivity contribution in [2.24, 2.45) is 17.8 Å². The molecule has 1 saturated heterocycles. The Kier molecular flexibility index (Phi) is 9.60. The Hall–Kier alpha value is -4.68. The number of sulfonamides is 1. The first-order valence-electron chi connectivity index (χ1n) is 21.7. The molecular weight excluding hydrogens is 774 g/mol. The van der Waals surface area contributed by atoms with Crippen LogP contribution in [0.25, 0.3) is 10.8 Å². The average Bonchev–Trinajstić information content (AvgIpc) is 4.10. The summed E-state index contributed by atoms with van der Waals surface area (Å²) in [6, 6.07) is 3.41. The predicted octanol–water partition coefficient (Wildman–Crippen LogP) is 4.31. The van der Waals surface area contributed by atoms with E-state index in [4.69, 9.17) is 17.7 Å². The van der Waals surface area contributed by atoms with E-state index in [2.05, 4.69) is 25.0 Å². The lowest BCUT2D eigenvalue weighted by Gasteiger charge is -2.34. The summed E-state index contributed by atoms with van der Waals surface area (Å²) in [4.78, 5) is 57.7. The zero-order chi connectivity index (χ0) is 46.5. The van der Waals surface area contributed by atoms with E-state index in [1.165, 1.54) is 6.92 Å². The fourth-order valence-corrected chi connectivity index (χ4v) is 8.76. The van der Waals surface area contributed by atoms with Gasteiger partial charge >= 0.3 is 12.3 Å². The van der Waals surface area contributed by atoms with Gasteiger partial charge in [-0.2, -0.15) is 13.2 Å². The summed E-state index contributed by atoms with van der Waals surface area (Å²) >= 11 is 0. The number of allylic oxidation sites excluding steroid dienone is 1. The fourth-order valence-electron chi connectivity index (χ4n) is 7.39. The molecule has 3 N–H and O–H groups in total. The summed E-state index contributed by atoms with van der Waals surface area (Å²) in [7, 11) is -4.07. The van der Waals surface area contributed by atoms with Crippen molar-refractivity contribution in [3.05, 3.63) is 36.4 Å². The number of nitrogens with one attached hydrogen (secondary N) is 3. The van der Waals surface area contributed by atoms with Crippen LogP contribution in [-0.2, 0) is 29.1 Å². The second kappa shape index (κ2) is 15.9. The number of nitrogens with zero attached hydrogens (tertiary/aromatic N) is 3. The van der Waals surface area contributed by atoms with Gasteiger partial charge in [-0.3, -0.25) is 19.1 Å². The van der Waals surface area contributed by atoms with Gasteiger partial charge in [0.25, 0.3) is 5.91 Å². The highest BCUT2D eigenvalue weighted by Gasteiger charge is 2.62. The van der Waals surface area contributed by atoms with Gasteiger partial charge in [0.2, 0.25) is 39.2 Å². The number of carbonyl (C=O) groups excluding carboxylic acids is 4. The minimum atomic E-state index is -6.15. The van der Waals surface area contributed by atoms with E-state index < -0.39 is 107 Å². The summed E-state index contributed by atoms with van der Waals surface area (Å²) in [5.41, 5.74) is -6.77. The molecule has 15 nitrogen and oxygen atoms in total. The zero-order valence-electron chi connectivity index (χ0n) is 37.4. The number of fused-ring (bicyclic) bond motifs is 3. The maximum absolute atomic E-state index is 14.9. The van der Waals surface area contributed by atoms with Crippen molar-refractivity contribution in [1.29, 1.82) is 0 Å². The lowest BCUT2D eigenvalue weighted by atomic mass is 9.88. The van der Waals surface area contributed by atoms with Crippen molar-refractivity contribution < 1.29 is 63.2 Å². The highest BCUT2D eigenvalue weighted by atomic mass is 32.2. The number of ether oxygens (including phenoxy) is 3. The van der Waals surface area contributed by atoms with Gasteiger partial charge in [-0.15, -0.1) is 10.2 Å². The molecule has 6 rings (SSSR count). The van der Waals surface area contributed by atoms with E-state index in [0.29, 0.717) is 36.5 Å². The van der Waals surface area contributed by atoms with Crippen LogP contribution in [0.5, 0.6) is 11.8 Å². The van der Waals surface area contributed by atoms with Crippen LogP contribution < -0.4 is 24.8 Å². The van der Waals surface area contributed by atoms with Gasteiger partial charge in [-0.05, 0) is 83.1 Å². The van der Waals surface area contributed by atoms with Crippen molar-refractivity contribution in [3.63, 3.8) is 0 Å². The first-order valence-corrected chi connectivity index (χ1v) is 20.3. The van der Waals surface area contributed by atoms with Crippen LogP contribution >= 0.6 is 0 Å². The molecule has 4 amide bonds. The third-order valence-electron chi connectivity index (χ3n) is 10.7. The molecule has 3 heterocycles. The zero-order valence-corrected chi connectivity index (χ0v) is 32.2. The van der Waals surface area contributed by atoms with Crippen molar-refractivity contribution in [2.45, 2.75) is 120 Å². The molecule has 3 fully saturated rings. The number of amides is 4. The Bertz CT molecular complexity index is 2210. The van der Waals surface area contributed by atoms with Crippen LogP contribution in [0.1, 0.15) is 87.6 Å². The first-order chi connectivity index (χ1) is 29.3. The number of aromatic nitrogens is 2. The van der Waals surface area contributed by atoms with Crippen LogP contribution in [0.2, 0.25) is 0 Å². The first kappa shape index (κ1) is 34.4. The molecule has 2 aromatic rings. The molecule has 2 aliphatic heterocycles. The lowest BCUT2D eigenvalue weighted by molar-refractivity contribution is -0.244. The van der Waals surface area contributed by atoms with E-state index in [-0.39, 0.29) is 43.5 Å². The Morgan fingerprint density at radius 3 is 2.40 bits per heavy atom. The number of hydrogen-bond donors (Lipinski definition) is 3. The van der Waals surface area contributed by atoms with Gasteiger partial charge in [0.15, 0.2) is 0 Å². The third kappa shape index (κ3) is 9.07. The number of alkyl halides is 3. The lowest BCUT2D eigenvalue weighted by Crippen LogP contribution is -2.59.